The van der Waals surface area contributed by atoms with Crippen LogP contribution in [0.5, 0.6) is 0 Å². The number of aliphatic carboxylic acids is 1. The van der Waals surface area contributed by atoms with Gasteiger partial charge in [0.2, 0.25) is 0 Å². The van der Waals surface area contributed by atoms with Crippen LogP contribution in [-0.4, -0.2) is 20.6 Å². The van der Waals surface area contributed by atoms with E-state index in [2.05, 4.69) is 9.55 Å². The molecule has 0 atom stereocenters. The number of carbonyl (C=O) groups is 1. The van der Waals surface area contributed by atoms with Crippen LogP contribution in [0, 0.1) is 6.92 Å². The minimum Gasteiger partial charge on any atom is -0.481 e. The zero-order valence-corrected chi connectivity index (χ0v) is 10.1. The largest absolute Gasteiger partial charge is 0.481 e. The van der Waals surface area contributed by atoms with Gasteiger partial charge in [-0.3, -0.25) is 4.79 Å². The molecule has 0 amide bonds. The number of carboxylic acids is 1. The van der Waals surface area contributed by atoms with Crippen molar-refractivity contribution < 1.29 is 9.90 Å². The number of aryl methyl sites for hydroxylation is 3. The molecule has 1 heterocycles. The Morgan fingerprint density at radius 3 is 2.94 bits per heavy atom. The molecule has 0 spiro atoms. The van der Waals surface area contributed by atoms with E-state index in [0.717, 1.165) is 23.3 Å². The van der Waals surface area contributed by atoms with Crippen molar-refractivity contribution in [3.8, 4) is 0 Å². The quantitative estimate of drug-likeness (QED) is 0.879. The van der Waals surface area contributed by atoms with E-state index in [9.17, 15) is 4.79 Å². The molecule has 0 saturated carbocycles. The molecule has 0 aliphatic rings. The Morgan fingerprint density at radius 2 is 2.24 bits per heavy atom. The zero-order valence-electron chi connectivity index (χ0n) is 10.1. The van der Waals surface area contributed by atoms with E-state index in [0.29, 0.717) is 6.42 Å². The summed E-state index contributed by atoms with van der Waals surface area (Å²) < 4.78 is 2.06. The number of para-hydroxylation sites is 1. The van der Waals surface area contributed by atoms with Gasteiger partial charge in [0.1, 0.15) is 5.82 Å². The van der Waals surface area contributed by atoms with Gasteiger partial charge in [0, 0.05) is 13.5 Å². The van der Waals surface area contributed by atoms with Crippen molar-refractivity contribution in [2.75, 3.05) is 0 Å². The molecule has 2 rings (SSSR count). The van der Waals surface area contributed by atoms with E-state index >= 15 is 0 Å². The van der Waals surface area contributed by atoms with Crippen molar-refractivity contribution in [1.29, 1.82) is 0 Å². The summed E-state index contributed by atoms with van der Waals surface area (Å²) in [7, 11) is 1.99. The Kier molecular flexibility index (Phi) is 3.13. The van der Waals surface area contributed by atoms with Gasteiger partial charge in [-0.25, -0.2) is 4.98 Å². The summed E-state index contributed by atoms with van der Waals surface area (Å²) in [6.07, 6.45) is 1.66. The van der Waals surface area contributed by atoms with E-state index in [1.807, 2.05) is 32.2 Å². The maximum Gasteiger partial charge on any atom is 0.303 e. The SMILES string of the molecule is Cc1nc2cccc(CCCC(=O)O)c2n1C. The van der Waals surface area contributed by atoms with E-state index in [1.165, 1.54) is 5.56 Å². The zero-order chi connectivity index (χ0) is 12.4. The molecular formula is C13H16N2O2. The predicted octanol–water partition coefficient (Wildman–Crippen LogP) is 2.29. The number of nitrogens with zero attached hydrogens (tertiary/aromatic N) is 2. The standard InChI is InChI=1S/C13H16N2O2/c1-9-14-11-7-3-5-10(13(11)15(9)2)6-4-8-12(16)17/h3,5,7H,4,6,8H2,1-2H3,(H,16,17). The molecule has 0 fully saturated rings. The summed E-state index contributed by atoms with van der Waals surface area (Å²) >= 11 is 0. The number of aromatic nitrogens is 2. The first-order valence-corrected chi connectivity index (χ1v) is 5.72. The van der Waals surface area contributed by atoms with Crippen LogP contribution in [0.4, 0.5) is 0 Å². The number of carboxylic acid groups (broad SMARTS) is 1. The highest BCUT2D eigenvalue weighted by Crippen LogP contribution is 2.20. The summed E-state index contributed by atoms with van der Waals surface area (Å²) in [4.78, 5) is 15.0. The second kappa shape index (κ2) is 4.57. The van der Waals surface area contributed by atoms with Gasteiger partial charge in [0.25, 0.3) is 0 Å². The molecule has 4 heteroatoms. The molecule has 1 N–H and O–H groups in total. The fraction of sp³-hybridized carbons (Fsp3) is 0.385. The summed E-state index contributed by atoms with van der Waals surface area (Å²) in [5, 5.41) is 8.65. The van der Waals surface area contributed by atoms with Crippen molar-refractivity contribution in [3.63, 3.8) is 0 Å². The highest BCUT2D eigenvalue weighted by atomic mass is 16.4. The predicted molar refractivity (Wildman–Crippen MR) is 66.0 cm³/mol. The minimum atomic E-state index is -0.738. The maximum atomic E-state index is 10.5. The van der Waals surface area contributed by atoms with Crippen molar-refractivity contribution in [2.45, 2.75) is 26.2 Å². The normalized spacial score (nSPS) is 10.9. The third kappa shape index (κ3) is 2.30. The maximum absolute atomic E-state index is 10.5. The van der Waals surface area contributed by atoms with Gasteiger partial charge >= 0.3 is 5.97 Å². The van der Waals surface area contributed by atoms with Gasteiger partial charge in [0.05, 0.1) is 11.0 Å². The van der Waals surface area contributed by atoms with E-state index < -0.39 is 5.97 Å². The molecule has 0 bridgehead atoms. The van der Waals surface area contributed by atoms with Crippen molar-refractivity contribution in [1.82, 2.24) is 9.55 Å². The first-order chi connectivity index (χ1) is 8.09. The van der Waals surface area contributed by atoms with Crippen molar-refractivity contribution >= 4 is 17.0 Å². The monoisotopic (exact) mass is 232 g/mol. The molecule has 0 aliphatic carbocycles. The average Bonchev–Trinajstić information content (AvgIpc) is 2.55. The summed E-state index contributed by atoms with van der Waals surface area (Å²) in [6, 6.07) is 6.01. The van der Waals surface area contributed by atoms with Crippen LogP contribution in [-0.2, 0) is 18.3 Å². The molecule has 90 valence electrons. The van der Waals surface area contributed by atoms with Crippen LogP contribution < -0.4 is 0 Å². The molecule has 0 radical (unpaired) electrons. The second-order valence-corrected chi connectivity index (χ2v) is 4.25. The smallest absolute Gasteiger partial charge is 0.303 e. The lowest BCUT2D eigenvalue weighted by Gasteiger charge is -2.04. The molecule has 0 unspecified atom stereocenters. The van der Waals surface area contributed by atoms with Gasteiger partial charge in [-0.2, -0.15) is 0 Å². The van der Waals surface area contributed by atoms with E-state index in [1.54, 1.807) is 0 Å². The Labute approximate surface area is 99.9 Å². The molecule has 0 aliphatic heterocycles. The Morgan fingerprint density at radius 1 is 1.47 bits per heavy atom. The van der Waals surface area contributed by atoms with Gasteiger partial charge in [0.15, 0.2) is 0 Å². The second-order valence-electron chi connectivity index (χ2n) is 4.25. The third-order valence-corrected chi connectivity index (χ3v) is 3.04. The topological polar surface area (TPSA) is 55.1 Å². The fourth-order valence-electron chi connectivity index (χ4n) is 2.10. The summed E-state index contributed by atoms with van der Waals surface area (Å²) in [6.45, 7) is 1.97. The molecule has 0 saturated heterocycles. The van der Waals surface area contributed by atoms with Gasteiger partial charge < -0.3 is 9.67 Å². The average molecular weight is 232 g/mol. The van der Waals surface area contributed by atoms with Crippen LogP contribution >= 0.6 is 0 Å². The van der Waals surface area contributed by atoms with Gasteiger partial charge in [-0.05, 0) is 31.4 Å². The van der Waals surface area contributed by atoms with E-state index in [-0.39, 0.29) is 6.42 Å². The minimum absolute atomic E-state index is 0.215. The highest BCUT2D eigenvalue weighted by molar-refractivity contribution is 5.79. The number of fused-ring (bicyclic) bond motifs is 1. The Balaban J connectivity index is 2.30. The molecule has 4 nitrogen and oxygen atoms in total. The van der Waals surface area contributed by atoms with Crippen LogP contribution in [0.25, 0.3) is 11.0 Å². The van der Waals surface area contributed by atoms with Crippen LogP contribution in [0.2, 0.25) is 0 Å². The molecular weight excluding hydrogens is 216 g/mol. The molecule has 2 aromatic rings. The Hall–Kier alpha value is -1.84. The van der Waals surface area contributed by atoms with Crippen molar-refractivity contribution in [3.05, 3.63) is 29.6 Å². The van der Waals surface area contributed by atoms with Gasteiger partial charge in [-0.15, -0.1) is 0 Å². The van der Waals surface area contributed by atoms with Crippen LogP contribution in [0.1, 0.15) is 24.2 Å². The van der Waals surface area contributed by atoms with Crippen molar-refractivity contribution in [2.24, 2.45) is 7.05 Å². The first kappa shape index (κ1) is 11.6. The van der Waals surface area contributed by atoms with Crippen LogP contribution in [0.15, 0.2) is 18.2 Å². The lowest BCUT2D eigenvalue weighted by molar-refractivity contribution is -0.137. The third-order valence-electron chi connectivity index (χ3n) is 3.04. The molecule has 1 aromatic heterocycles. The number of hydrogen-bond acceptors (Lipinski definition) is 2. The lowest BCUT2D eigenvalue weighted by Crippen LogP contribution is -1.98. The fourth-order valence-corrected chi connectivity index (χ4v) is 2.10. The van der Waals surface area contributed by atoms with Gasteiger partial charge in [-0.1, -0.05) is 12.1 Å². The molecule has 1 aromatic carbocycles. The van der Waals surface area contributed by atoms with Crippen LogP contribution in [0.3, 0.4) is 0 Å². The van der Waals surface area contributed by atoms with E-state index in [4.69, 9.17) is 5.11 Å². The number of hydrogen-bond donors (Lipinski definition) is 1. The first-order valence-electron chi connectivity index (χ1n) is 5.72. The molecule has 17 heavy (non-hydrogen) atoms. The summed E-state index contributed by atoms with van der Waals surface area (Å²) in [5.41, 5.74) is 3.28. The number of rotatable bonds is 4. The number of imidazole rings is 1. The number of benzene rings is 1. The Bertz CT molecular complexity index is 558. The lowest BCUT2D eigenvalue weighted by atomic mass is 10.1. The summed E-state index contributed by atoms with van der Waals surface area (Å²) in [5.74, 6) is 0.240. The highest BCUT2D eigenvalue weighted by Gasteiger charge is 2.08.